The van der Waals surface area contributed by atoms with Crippen LogP contribution in [0.1, 0.15) is 0 Å². The summed E-state index contributed by atoms with van der Waals surface area (Å²) >= 11 is -0.0622. The summed E-state index contributed by atoms with van der Waals surface area (Å²) in [6.07, 6.45) is 0. The zero-order chi connectivity index (χ0) is 62.7. The van der Waals surface area contributed by atoms with Crippen LogP contribution in [0.3, 0.4) is 0 Å². The van der Waals surface area contributed by atoms with E-state index in [0.717, 1.165) is 117 Å². The number of para-hydroxylation sites is 7. The molecule has 0 radical (unpaired) electrons. The van der Waals surface area contributed by atoms with Crippen molar-refractivity contribution in [2.45, 2.75) is 0 Å². The molecule has 0 atom stereocenters. The molecule has 4 aliphatic heterocycles. The van der Waals surface area contributed by atoms with Gasteiger partial charge in [-0.2, -0.15) is 0 Å². The van der Waals surface area contributed by atoms with E-state index < -0.39 is 0 Å². The molecule has 15 aromatic carbocycles. The maximum atomic E-state index is 7.52. The summed E-state index contributed by atoms with van der Waals surface area (Å²) < 4.78 is 20.5. The average molecular weight is 1350 g/mol. The van der Waals surface area contributed by atoms with Gasteiger partial charge >= 0.3 is 476 Å². The van der Waals surface area contributed by atoms with Crippen molar-refractivity contribution in [1.82, 2.24) is 0 Å². The zero-order valence-corrected chi connectivity index (χ0v) is 55.0. The second-order valence-corrected chi connectivity index (χ2v) is 29.9. The molecule has 0 fully saturated rings. The summed E-state index contributed by atoms with van der Waals surface area (Å²) in [6, 6.07) is 116. The number of fused-ring (bicyclic) bond motifs is 18. The number of furan rings is 2. The SMILES string of the molecule is c1ccc(N(c2ccccc2)c2ccc3cc4oc5c6c7c(cc5c4cc3c2)[Se]c2cc3c(cc2B7c2ccccc2[Se]6)B2c4ccccc4N(c4ccccc4)c4c2c(cc2c4oc4cc5ccc(N(c6ccccc6)c6ccccc6)cc5cc42)N3c2ccccc2)cc1. The zero-order valence-electron chi connectivity index (χ0n) is 51.6. The molecular weight excluding hydrogens is 1300 g/mol. The minimum absolute atomic E-state index is 0.00272. The van der Waals surface area contributed by atoms with Crippen molar-refractivity contribution in [1.29, 1.82) is 0 Å². The van der Waals surface area contributed by atoms with E-state index in [9.17, 15) is 0 Å². The van der Waals surface area contributed by atoms with E-state index in [1.807, 2.05) is 0 Å². The molecule has 6 heterocycles. The molecule has 446 valence electrons. The van der Waals surface area contributed by atoms with Crippen molar-refractivity contribution >= 4 is 228 Å². The summed E-state index contributed by atoms with van der Waals surface area (Å²) in [5, 5.41) is 9.11. The van der Waals surface area contributed by atoms with Gasteiger partial charge in [-0.1, -0.05) is 48.5 Å². The van der Waals surface area contributed by atoms with Crippen LogP contribution in [0.15, 0.2) is 324 Å². The summed E-state index contributed by atoms with van der Waals surface area (Å²) in [4.78, 5) is 9.78. The Balaban J connectivity index is 0.785. The summed E-state index contributed by atoms with van der Waals surface area (Å²) in [5.41, 5.74) is 25.2. The number of benzene rings is 15. The molecule has 0 aliphatic carbocycles. The van der Waals surface area contributed by atoms with Gasteiger partial charge in [0.05, 0.1) is 0 Å². The second-order valence-electron chi connectivity index (χ2n) is 25.5. The van der Waals surface area contributed by atoms with E-state index in [4.69, 9.17) is 8.83 Å². The van der Waals surface area contributed by atoms with E-state index >= 15 is 0 Å². The van der Waals surface area contributed by atoms with Crippen LogP contribution in [-0.2, 0) is 0 Å². The number of hydrogen-bond acceptors (Lipinski definition) is 6. The number of rotatable bonds is 8. The predicted molar refractivity (Wildman–Crippen MR) is 407 cm³/mol. The first-order valence-corrected chi connectivity index (χ1v) is 36.2. The van der Waals surface area contributed by atoms with Gasteiger partial charge in [0.15, 0.2) is 0 Å². The van der Waals surface area contributed by atoms with Crippen molar-refractivity contribution in [2.75, 3.05) is 19.6 Å². The van der Waals surface area contributed by atoms with Crippen LogP contribution < -0.4 is 70.2 Å². The summed E-state index contributed by atoms with van der Waals surface area (Å²) in [5.74, 6) is 0. The first-order valence-electron chi connectivity index (χ1n) is 32.8. The molecule has 0 bridgehead atoms. The van der Waals surface area contributed by atoms with E-state index in [1.165, 1.54) is 67.1 Å². The molecule has 2 aromatic heterocycles. The van der Waals surface area contributed by atoms with E-state index in [1.54, 1.807) is 0 Å². The molecule has 0 spiro atoms. The Kier molecular flexibility index (Phi) is 11.9. The maximum absolute atomic E-state index is 7.52. The van der Waals surface area contributed by atoms with Gasteiger partial charge in [0, 0.05) is 11.4 Å². The van der Waals surface area contributed by atoms with Gasteiger partial charge in [-0.15, -0.1) is 0 Å². The normalized spacial score (nSPS) is 13.2. The first kappa shape index (κ1) is 54.2. The topological polar surface area (TPSA) is 39.2 Å². The van der Waals surface area contributed by atoms with Crippen molar-refractivity contribution in [3.8, 4) is 0 Å². The van der Waals surface area contributed by atoms with Gasteiger partial charge in [-0.25, -0.2) is 0 Å². The first-order chi connectivity index (χ1) is 47.6. The van der Waals surface area contributed by atoms with Crippen LogP contribution in [0.4, 0.5) is 68.2 Å². The Bertz CT molecular complexity index is 6000. The fraction of sp³-hybridized carbons (Fsp3) is 0. The van der Waals surface area contributed by atoms with Gasteiger partial charge in [-0.3, -0.25) is 0 Å². The molecule has 0 saturated carbocycles. The molecule has 0 unspecified atom stereocenters. The monoisotopic (exact) mass is 1350 g/mol. The number of hydrogen-bond donors (Lipinski definition) is 0. The average Bonchev–Trinajstić information content (AvgIpc) is 0.994. The minimum atomic E-state index is -0.135. The van der Waals surface area contributed by atoms with Crippen molar-refractivity contribution in [3.05, 3.63) is 315 Å². The molecule has 17 aromatic rings. The van der Waals surface area contributed by atoms with Gasteiger partial charge in [0.1, 0.15) is 0 Å². The predicted octanol–water partition coefficient (Wildman–Crippen LogP) is 15.3. The Morgan fingerprint density at radius 2 is 0.771 bits per heavy atom. The summed E-state index contributed by atoms with van der Waals surface area (Å²) in [7, 11) is 0. The number of anilines is 12. The Hall–Kier alpha value is -11.2. The van der Waals surface area contributed by atoms with Crippen LogP contribution >= 0.6 is 0 Å². The standard InChI is InChI=1S/C86H52B2N4O2Se2/c1-7-23-57(24-8-1)89(58-25-9-2-10-26-58)63-41-39-53-47-76-65(45-55(53)43-63)67-49-75-81-83(84(67)93-76)92(62-33-17-6-18-34-62)73-37-21-19-35-69(73)87(81)71-51-72-79(52-74(71)91(75)61-31-15-5-16-32-61)95-80-50-68-66-46-56-44-64(90(59-27-11-3-12-28-59)60-29-13-4-14-30-60)42-40-54(56)48-77(66)94-85(68)86-82(80)88(72)70-36-20-22-38-78(70)96-86/h1-52H. The quantitative estimate of drug-likeness (QED) is 0.141. The van der Waals surface area contributed by atoms with Crippen molar-refractivity contribution in [3.63, 3.8) is 0 Å². The van der Waals surface area contributed by atoms with Crippen LogP contribution in [0.25, 0.3) is 65.4 Å². The van der Waals surface area contributed by atoms with Crippen LogP contribution in [0.5, 0.6) is 0 Å². The molecule has 4 aliphatic rings. The van der Waals surface area contributed by atoms with Crippen LogP contribution in [-0.4, -0.2) is 43.3 Å². The number of nitrogens with zero attached hydrogens (tertiary/aromatic N) is 4. The fourth-order valence-electron chi connectivity index (χ4n) is 16.1. The molecule has 0 N–H and O–H groups in total. The Labute approximate surface area is 567 Å². The Morgan fingerprint density at radius 1 is 0.281 bits per heavy atom. The third-order valence-electron chi connectivity index (χ3n) is 20.2. The van der Waals surface area contributed by atoms with E-state index in [0.29, 0.717) is 0 Å². The molecular formula is C86H52B2N4O2Se2. The van der Waals surface area contributed by atoms with Gasteiger partial charge < -0.3 is 4.90 Å². The third-order valence-corrected chi connectivity index (χ3v) is 25.1. The summed E-state index contributed by atoms with van der Waals surface area (Å²) in [6.45, 7) is -0.117. The molecule has 96 heavy (non-hydrogen) atoms. The molecule has 6 nitrogen and oxygen atoms in total. The second kappa shape index (κ2) is 21.1. The fourth-order valence-corrected chi connectivity index (χ4v) is 21.6. The Morgan fingerprint density at radius 3 is 1.35 bits per heavy atom. The van der Waals surface area contributed by atoms with E-state index in [2.05, 4.69) is 335 Å². The molecule has 10 heteroatoms. The van der Waals surface area contributed by atoms with Crippen LogP contribution in [0.2, 0.25) is 0 Å². The molecule has 21 rings (SSSR count). The van der Waals surface area contributed by atoms with E-state index in [-0.39, 0.29) is 43.3 Å². The van der Waals surface area contributed by atoms with Gasteiger partial charge in [0.2, 0.25) is 0 Å². The van der Waals surface area contributed by atoms with Gasteiger partial charge in [0.25, 0.3) is 0 Å². The third kappa shape index (κ3) is 8.14. The van der Waals surface area contributed by atoms with Crippen LogP contribution in [0, 0.1) is 0 Å². The van der Waals surface area contributed by atoms with Crippen molar-refractivity contribution in [2.24, 2.45) is 0 Å². The molecule has 0 amide bonds. The molecule has 0 saturated heterocycles. The van der Waals surface area contributed by atoms with Crippen molar-refractivity contribution < 1.29 is 8.83 Å². The van der Waals surface area contributed by atoms with Gasteiger partial charge in [-0.05, 0) is 30.3 Å².